The molecule has 0 saturated heterocycles. The third-order valence-corrected chi connectivity index (χ3v) is 4.83. The molecule has 2 saturated carbocycles. The summed E-state index contributed by atoms with van der Waals surface area (Å²) in [6.45, 7) is 1.79. The van der Waals surface area contributed by atoms with Crippen LogP contribution in [0.25, 0.3) is 0 Å². The zero-order valence-electron chi connectivity index (χ0n) is 11.1. The van der Waals surface area contributed by atoms with E-state index in [0.717, 1.165) is 12.1 Å². The number of ketones is 1. The molecule has 2 aliphatic carbocycles. The van der Waals surface area contributed by atoms with Gasteiger partial charge >= 0.3 is 0 Å². The normalized spacial score (nSPS) is 30.1. The average Bonchev–Trinajstić information content (AvgIpc) is 2.94. The summed E-state index contributed by atoms with van der Waals surface area (Å²) in [7, 11) is 0. The Labute approximate surface area is 108 Å². The second-order valence-electron chi connectivity index (χ2n) is 6.03. The van der Waals surface area contributed by atoms with Crippen molar-refractivity contribution in [2.75, 3.05) is 0 Å². The minimum absolute atomic E-state index is 0.298. The molecule has 18 heavy (non-hydrogen) atoms. The lowest BCUT2D eigenvalue weighted by Gasteiger charge is -2.29. The molecule has 0 bridgehead atoms. The topological polar surface area (TPSA) is 45.8 Å². The number of Topliss-reactive ketones (excluding diaryl/α,β-unsaturated/α-hetero) is 1. The van der Waals surface area contributed by atoms with Gasteiger partial charge in [0.25, 0.3) is 0 Å². The van der Waals surface area contributed by atoms with E-state index < -0.39 is 0 Å². The molecule has 3 unspecified atom stereocenters. The SMILES string of the molecule is CC(=O)C(C1CCCCC1)C1CC1c1c[nH]cn1. The Kier molecular flexibility index (Phi) is 3.23. The molecule has 0 aliphatic heterocycles. The number of carbonyl (C=O) groups excluding carboxylic acids is 1. The molecule has 0 amide bonds. The number of hydrogen-bond donors (Lipinski definition) is 1. The lowest BCUT2D eigenvalue weighted by atomic mass is 9.75. The lowest BCUT2D eigenvalue weighted by molar-refractivity contribution is -0.123. The van der Waals surface area contributed by atoms with Crippen molar-refractivity contribution in [3.63, 3.8) is 0 Å². The highest BCUT2D eigenvalue weighted by Crippen LogP contribution is 2.55. The van der Waals surface area contributed by atoms with Gasteiger partial charge in [-0.05, 0) is 38.0 Å². The highest BCUT2D eigenvalue weighted by molar-refractivity contribution is 5.79. The van der Waals surface area contributed by atoms with Crippen molar-refractivity contribution in [3.8, 4) is 0 Å². The Hall–Kier alpha value is -1.12. The van der Waals surface area contributed by atoms with Crippen LogP contribution in [0.3, 0.4) is 0 Å². The molecule has 1 N–H and O–H groups in total. The van der Waals surface area contributed by atoms with Gasteiger partial charge in [0.1, 0.15) is 5.78 Å². The summed E-state index contributed by atoms with van der Waals surface area (Å²) in [5.74, 6) is 2.45. The molecule has 2 fully saturated rings. The molecule has 98 valence electrons. The van der Waals surface area contributed by atoms with E-state index in [1.165, 1.54) is 32.1 Å². The van der Waals surface area contributed by atoms with Gasteiger partial charge < -0.3 is 4.98 Å². The number of aromatic nitrogens is 2. The van der Waals surface area contributed by atoms with Gasteiger partial charge in [-0.1, -0.05) is 19.3 Å². The summed E-state index contributed by atoms with van der Waals surface area (Å²) in [6.07, 6.45) is 11.4. The second-order valence-corrected chi connectivity index (χ2v) is 6.03. The van der Waals surface area contributed by atoms with Crippen molar-refractivity contribution in [1.29, 1.82) is 0 Å². The number of imidazole rings is 1. The van der Waals surface area contributed by atoms with Crippen molar-refractivity contribution in [1.82, 2.24) is 9.97 Å². The van der Waals surface area contributed by atoms with Crippen LogP contribution in [0, 0.1) is 17.8 Å². The van der Waals surface area contributed by atoms with Crippen molar-refractivity contribution in [3.05, 3.63) is 18.2 Å². The van der Waals surface area contributed by atoms with E-state index in [9.17, 15) is 4.79 Å². The van der Waals surface area contributed by atoms with E-state index in [2.05, 4.69) is 9.97 Å². The summed E-state index contributed by atoms with van der Waals surface area (Å²) < 4.78 is 0. The molecule has 2 aliphatic rings. The van der Waals surface area contributed by atoms with E-state index in [4.69, 9.17) is 0 Å². The number of aromatic amines is 1. The number of H-pyrrole nitrogens is 1. The fourth-order valence-corrected chi connectivity index (χ4v) is 3.90. The maximum atomic E-state index is 12.0. The number of hydrogen-bond acceptors (Lipinski definition) is 2. The van der Waals surface area contributed by atoms with E-state index in [0.29, 0.717) is 29.5 Å². The molecule has 3 nitrogen and oxygen atoms in total. The van der Waals surface area contributed by atoms with Gasteiger partial charge in [0.2, 0.25) is 0 Å². The summed E-state index contributed by atoms with van der Waals surface area (Å²) in [6, 6.07) is 0. The fourth-order valence-electron chi connectivity index (χ4n) is 3.90. The number of carbonyl (C=O) groups is 1. The van der Waals surface area contributed by atoms with Gasteiger partial charge in [-0.15, -0.1) is 0 Å². The standard InChI is InChI=1S/C15H22N2O/c1-10(18)15(11-5-3-2-4-6-11)13-7-12(13)14-8-16-9-17-14/h8-9,11-13,15H,2-7H2,1H3,(H,16,17). The minimum Gasteiger partial charge on any atom is -0.351 e. The van der Waals surface area contributed by atoms with E-state index in [1.807, 2.05) is 6.20 Å². The van der Waals surface area contributed by atoms with Gasteiger partial charge in [-0.3, -0.25) is 4.79 Å². The molecule has 3 atom stereocenters. The van der Waals surface area contributed by atoms with E-state index >= 15 is 0 Å². The molecule has 0 radical (unpaired) electrons. The smallest absolute Gasteiger partial charge is 0.133 e. The molecule has 1 aromatic heterocycles. The Balaban J connectivity index is 1.70. The molecule has 1 aromatic rings. The number of nitrogens with one attached hydrogen (secondary N) is 1. The predicted octanol–water partition coefficient (Wildman–Crippen LogP) is 3.30. The second kappa shape index (κ2) is 4.87. The van der Waals surface area contributed by atoms with Crippen LogP contribution in [0.5, 0.6) is 0 Å². The van der Waals surface area contributed by atoms with Crippen molar-refractivity contribution in [2.45, 2.75) is 51.4 Å². The molecule has 0 spiro atoms. The maximum absolute atomic E-state index is 12.0. The van der Waals surface area contributed by atoms with Gasteiger partial charge in [-0.2, -0.15) is 0 Å². The Morgan fingerprint density at radius 3 is 2.78 bits per heavy atom. The monoisotopic (exact) mass is 246 g/mol. The minimum atomic E-state index is 0.298. The van der Waals surface area contributed by atoms with Crippen molar-refractivity contribution in [2.24, 2.45) is 17.8 Å². The third kappa shape index (κ3) is 2.23. The third-order valence-electron chi connectivity index (χ3n) is 4.83. The van der Waals surface area contributed by atoms with Crippen LogP contribution in [0.1, 0.15) is 57.1 Å². The first-order chi connectivity index (χ1) is 8.77. The summed E-state index contributed by atoms with van der Waals surface area (Å²) in [4.78, 5) is 19.4. The van der Waals surface area contributed by atoms with Crippen molar-refractivity contribution < 1.29 is 4.79 Å². The lowest BCUT2D eigenvalue weighted by Crippen LogP contribution is -2.26. The van der Waals surface area contributed by atoms with Crippen molar-refractivity contribution >= 4 is 5.78 Å². The first kappa shape index (κ1) is 11.9. The highest BCUT2D eigenvalue weighted by Gasteiger charge is 2.49. The van der Waals surface area contributed by atoms with Gasteiger partial charge in [0, 0.05) is 18.0 Å². The van der Waals surface area contributed by atoms with Crippen LogP contribution in [-0.4, -0.2) is 15.8 Å². The van der Waals surface area contributed by atoms with Crippen LogP contribution in [-0.2, 0) is 4.79 Å². The zero-order valence-corrected chi connectivity index (χ0v) is 11.1. The molecule has 3 heteroatoms. The van der Waals surface area contributed by atoms with E-state index in [-0.39, 0.29) is 0 Å². The van der Waals surface area contributed by atoms with Crippen LogP contribution in [0.2, 0.25) is 0 Å². The Morgan fingerprint density at radius 2 is 2.17 bits per heavy atom. The summed E-state index contributed by atoms with van der Waals surface area (Å²) >= 11 is 0. The highest BCUT2D eigenvalue weighted by atomic mass is 16.1. The van der Waals surface area contributed by atoms with Crippen LogP contribution < -0.4 is 0 Å². The van der Waals surface area contributed by atoms with Gasteiger partial charge in [-0.25, -0.2) is 4.98 Å². The summed E-state index contributed by atoms with van der Waals surface area (Å²) in [5, 5.41) is 0. The first-order valence-corrected chi connectivity index (χ1v) is 7.26. The van der Waals surface area contributed by atoms with Crippen LogP contribution in [0.4, 0.5) is 0 Å². The van der Waals surface area contributed by atoms with Crippen LogP contribution >= 0.6 is 0 Å². The average molecular weight is 246 g/mol. The first-order valence-electron chi connectivity index (χ1n) is 7.26. The molecule has 1 heterocycles. The van der Waals surface area contributed by atoms with Crippen LogP contribution in [0.15, 0.2) is 12.5 Å². The molecule has 0 aromatic carbocycles. The van der Waals surface area contributed by atoms with Gasteiger partial charge in [0.15, 0.2) is 0 Å². The molecular formula is C15H22N2O. The number of rotatable bonds is 4. The molecular weight excluding hydrogens is 224 g/mol. The Bertz CT molecular complexity index is 406. The van der Waals surface area contributed by atoms with E-state index in [1.54, 1.807) is 13.3 Å². The largest absolute Gasteiger partial charge is 0.351 e. The number of nitrogens with zero attached hydrogens (tertiary/aromatic N) is 1. The maximum Gasteiger partial charge on any atom is 0.133 e. The van der Waals surface area contributed by atoms with Gasteiger partial charge in [0.05, 0.1) is 12.0 Å². The predicted molar refractivity (Wildman–Crippen MR) is 70.2 cm³/mol. The molecule has 3 rings (SSSR count). The fraction of sp³-hybridized carbons (Fsp3) is 0.733. The Morgan fingerprint density at radius 1 is 1.39 bits per heavy atom. The zero-order chi connectivity index (χ0) is 12.5. The quantitative estimate of drug-likeness (QED) is 0.886. The summed E-state index contributed by atoms with van der Waals surface area (Å²) in [5.41, 5.74) is 1.15.